The highest BCUT2D eigenvalue weighted by Crippen LogP contribution is 2.32. The number of carbonyl (C=O) groups is 1. The van der Waals surface area contributed by atoms with Crippen molar-refractivity contribution in [3.05, 3.63) is 102 Å². The van der Waals surface area contributed by atoms with Crippen LogP contribution in [0.3, 0.4) is 0 Å². The first-order chi connectivity index (χ1) is 22.4. The largest absolute Gasteiger partial charge is 0.511 e. The number of aromatic nitrogens is 4. The molecule has 0 saturated heterocycles. The second-order valence-electron chi connectivity index (χ2n) is 12.1. The van der Waals surface area contributed by atoms with Crippen molar-refractivity contribution in [1.82, 2.24) is 19.1 Å². The third-order valence-electron chi connectivity index (χ3n) is 8.67. The molecule has 4 aromatic carbocycles. The van der Waals surface area contributed by atoms with Gasteiger partial charge in [-0.1, -0.05) is 88.1 Å². The maximum atomic E-state index is 11.2. The van der Waals surface area contributed by atoms with E-state index in [-0.39, 0.29) is 0 Å². The smallest absolute Gasteiger partial charge is 0.449 e. The lowest BCUT2D eigenvalue weighted by Crippen LogP contribution is -2.06. The molecule has 0 aliphatic carbocycles. The molecule has 2 aromatic heterocycles. The van der Waals surface area contributed by atoms with Crippen molar-refractivity contribution in [3.63, 3.8) is 0 Å². The van der Waals surface area contributed by atoms with Crippen LogP contribution in [0.2, 0.25) is 0 Å². The van der Waals surface area contributed by atoms with Gasteiger partial charge in [-0.25, -0.2) is 14.8 Å². The number of para-hydroxylation sites is 1. The van der Waals surface area contributed by atoms with E-state index in [4.69, 9.17) is 14.7 Å². The minimum Gasteiger partial charge on any atom is -0.449 e. The van der Waals surface area contributed by atoms with Gasteiger partial charge >= 0.3 is 6.16 Å². The first-order valence-corrected chi connectivity index (χ1v) is 16.5. The molecule has 7 heteroatoms. The maximum absolute atomic E-state index is 11.2. The average Bonchev–Trinajstić information content (AvgIpc) is 3.59. The predicted molar refractivity (Wildman–Crippen MR) is 186 cm³/mol. The number of benzene rings is 4. The van der Waals surface area contributed by atoms with Crippen LogP contribution in [0.1, 0.15) is 69.3 Å². The normalized spacial score (nSPS) is 11.5. The lowest BCUT2D eigenvalue weighted by atomic mass is 10.0. The van der Waals surface area contributed by atoms with Gasteiger partial charge in [0.05, 0.1) is 22.1 Å². The van der Waals surface area contributed by atoms with Crippen LogP contribution in [0.15, 0.2) is 84.9 Å². The lowest BCUT2D eigenvalue weighted by Gasteiger charge is -2.13. The Morgan fingerprint density at radius 1 is 0.761 bits per heavy atom. The van der Waals surface area contributed by atoms with Crippen molar-refractivity contribution in [1.29, 1.82) is 0 Å². The molecule has 0 amide bonds. The van der Waals surface area contributed by atoms with Crippen LogP contribution >= 0.6 is 0 Å². The van der Waals surface area contributed by atoms with Crippen LogP contribution in [-0.4, -0.2) is 30.4 Å². The van der Waals surface area contributed by atoms with Crippen molar-refractivity contribution in [3.8, 4) is 28.3 Å². The van der Waals surface area contributed by atoms with E-state index < -0.39 is 6.16 Å². The number of hydrogen-bond donors (Lipinski definition) is 1. The molecule has 0 saturated carbocycles. The summed E-state index contributed by atoms with van der Waals surface area (Å²) in [6, 6.07) is 28.6. The van der Waals surface area contributed by atoms with Crippen LogP contribution < -0.4 is 4.74 Å². The second-order valence-corrected chi connectivity index (χ2v) is 12.1. The summed E-state index contributed by atoms with van der Waals surface area (Å²) in [6.07, 6.45) is 6.56. The van der Waals surface area contributed by atoms with Gasteiger partial charge in [0.15, 0.2) is 0 Å². The summed E-state index contributed by atoms with van der Waals surface area (Å²) < 4.78 is 9.78. The Bertz CT molecular complexity index is 1970. The highest BCUT2D eigenvalue weighted by atomic mass is 16.7. The summed E-state index contributed by atoms with van der Waals surface area (Å²) in [4.78, 5) is 21.5. The van der Waals surface area contributed by atoms with E-state index in [0.717, 1.165) is 82.7 Å². The number of aryl methyl sites for hydroxylation is 3. The Balaban J connectivity index is 1.37. The fourth-order valence-electron chi connectivity index (χ4n) is 6.26. The van der Waals surface area contributed by atoms with Crippen molar-refractivity contribution in [2.75, 3.05) is 0 Å². The van der Waals surface area contributed by atoms with Gasteiger partial charge in [0, 0.05) is 30.6 Å². The molecule has 7 nitrogen and oxygen atoms in total. The van der Waals surface area contributed by atoms with Crippen LogP contribution in [0.5, 0.6) is 5.75 Å². The van der Waals surface area contributed by atoms with Gasteiger partial charge in [-0.2, -0.15) is 0 Å². The molecule has 6 aromatic rings. The van der Waals surface area contributed by atoms with Gasteiger partial charge in [0.25, 0.3) is 0 Å². The Morgan fingerprint density at radius 2 is 1.54 bits per heavy atom. The quantitative estimate of drug-likeness (QED) is 0.0795. The zero-order chi connectivity index (χ0) is 32.0. The number of fused-ring (bicyclic) bond motifs is 2. The first kappa shape index (κ1) is 31.1. The molecule has 0 fully saturated rings. The van der Waals surface area contributed by atoms with Gasteiger partial charge in [-0.15, -0.1) is 0 Å². The van der Waals surface area contributed by atoms with Gasteiger partial charge in [0.1, 0.15) is 17.4 Å². The highest BCUT2D eigenvalue weighted by molar-refractivity contribution is 5.86. The summed E-state index contributed by atoms with van der Waals surface area (Å²) in [5.74, 6) is 2.42. The number of imidazole rings is 2. The minimum atomic E-state index is -1.32. The molecule has 236 valence electrons. The van der Waals surface area contributed by atoms with Crippen LogP contribution in [0.4, 0.5) is 4.79 Å². The van der Waals surface area contributed by atoms with E-state index >= 15 is 0 Å². The molecular formula is C39H42N4O3. The number of nitrogens with zero attached hydrogens (tertiary/aromatic N) is 4. The van der Waals surface area contributed by atoms with Crippen molar-refractivity contribution in [2.24, 2.45) is 0 Å². The van der Waals surface area contributed by atoms with Gasteiger partial charge in [-0.05, 0) is 72.9 Å². The molecule has 1 N–H and O–H groups in total. The van der Waals surface area contributed by atoms with E-state index in [9.17, 15) is 9.90 Å². The zero-order valence-corrected chi connectivity index (χ0v) is 27.0. The van der Waals surface area contributed by atoms with Crippen LogP contribution in [0, 0.1) is 6.92 Å². The predicted octanol–water partition coefficient (Wildman–Crippen LogP) is 10.1. The molecule has 0 spiro atoms. The monoisotopic (exact) mass is 614 g/mol. The van der Waals surface area contributed by atoms with E-state index in [1.165, 1.54) is 30.3 Å². The summed E-state index contributed by atoms with van der Waals surface area (Å²) in [5.41, 5.74) is 9.42. The van der Waals surface area contributed by atoms with E-state index in [1.807, 2.05) is 24.3 Å². The van der Waals surface area contributed by atoms with Crippen molar-refractivity contribution in [2.45, 2.75) is 78.8 Å². The molecule has 0 radical (unpaired) electrons. The third kappa shape index (κ3) is 6.69. The number of carboxylic acid groups (broad SMARTS) is 1. The average molecular weight is 615 g/mol. The van der Waals surface area contributed by atoms with Gasteiger partial charge in [-0.3, -0.25) is 0 Å². The van der Waals surface area contributed by atoms with Crippen molar-refractivity contribution < 1.29 is 14.6 Å². The molecule has 0 aliphatic rings. The molecule has 2 heterocycles. The number of rotatable bonds is 13. The van der Waals surface area contributed by atoms with E-state index in [2.05, 4.69) is 78.4 Å². The number of ether oxygens (including phenoxy) is 1. The topological polar surface area (TPSA) is 82.2 Å². The van der Waals surface area contributed by atoms with Crippen LogP contribution in [0.25, 0.3) is 44.6 Å². The van der Waals surface area contributed by atoms with Crippen LogP contribution in [-0.2, 0) is 19.5 Å². The van der Waals surface area contributed by atoms with E-state index in [0.29, 0.717) is 12.3 Å². The summed E-state index contributed by atoms with van der Waals surface area (Å²) >= 11 is 0. The Hall–Kier alpha value is -4.91. The minimum absolute atomic E-state index is 0.323. The van der Waals surface area contributed by atoms with Crippen molar-refractivity contribution >= 4 is 28.2 Å². The van der Waals surface area contributed by atoms with Gasteiger partial charge in [0.2, 0.25) is 0 Å². The van der Waals surface area contributed by atoms with Gasteiger partial charge < -0.3 is 19.0 Å². The lowest BCUT2D eigenvalue weighted by molar-refractivity contribution is 0.144. The molecule has 0 bridgehead atoms. The zero-order valence-electron chi connectivity index (χ0n) is 27.0. The molecule has 0 atom stereocenters. The second kappa shape index (κ2) is 14.0. The fraction of sp³-hybridized carbons (Fsp3) is 0.308. The Morgan fingerprint density at radius 3 is 2.33 bits per heavy atom. The first-order valence-electron chi connectivity index (χ1n) is 16.5. The third-order valence-corrected chi connectivity index (χ3v) is 8.67. The number of unbranched alkanes of at least 4 members (excludes halogenated alkanes) is 4. The Kier molecular flexibility index (Phi) is 9.48. The summed E-state index contributed by atoms with van der Waals surface area (Å²) in [6.45, 7) is 8.21. The number of hydrogen-bond acceptors (Lipinski definition) is 4. The fourth-order valence-corrected chi connectivity index (χ4v) is 6.26. The summed E-state index contributed by atoms with van der Waals surface area (Å²) in [7, 11) is 0. The molecule has 0 unspecified atom stereocenters. The molecule has 46 heavy (non-hydrogen) atoms. The Labute approximate surface area is 270 Å². The SMILES string of the molecule is CCCCCCn1c(-c2ccc3nc(CCCC)n(Cc4ccc(-c5ccccc5OC(=O)O)cc4)c3c2)nc2cc(C)ccc21. The molecule has 0 aliphatic heterocycles. The summed E-state index contributed by atoms with van der Waals surface area (Å²) in [5, 5.41) is 9.18. The van der Waals surface area contributed by atoms with E-state index in [1.54, 1.807) is 12.1 Å². The highest BCUT2D eigenvalue weighted by Gasteiger charge is 2.17. The molecule has 6 rings (SSSR count). The molecular weight excluding hydrogens is 572 g/mol. The maximum Gasteiger partial charge on any atom is 0.511 e. The standard InChI is InChI=1S/C39H42N4O3/c1-4-6-8-11-23-42-34-22-15-27(3)24-33(34)41-38(42)30-20-21-32-35(25-30)43(37(40-32)14-7-5-2)26-28-16-18-29(19-17-28)31-12-9-10-13-36(31)46-39(44)45/h9-10,12-13,15-22,24-25H,4-8,11,14,23,26H2,1-3H3,(H,44,45).